The summed E-state index contributed by atoms with van der Waals surface area (Å²) in [6.45, 7) is 1.06. The summed E-state index contributed by atoms with van der Waals surface area (Å²) < 4.78 is 0. The summed E-state index contributed by atoms with van der Waals surface area (Å²) >= 11 is 1.70. The van der Waals surface area contributed by atoms with Crippen molar-refractivity contribution in [2.75, 3.05) is 11.4 Å². The van der Waals surface area contributed by atoms with Crippen LogP contribution < -0.4 is 4.90 Å². The molecule has 2 aromatic rings. The molecule has 3 rings (SSSR count). The highest BCUT2D eigenvalue weighted by Crippen LogP contribution is 2.34. The molecule has 0 unspecified atom stereocenters. The summed E-state index contributed by atoms with van der Waals surface area (Å²) in [6, 6.07) is 8.56. The zero-order valence-electron chi connectivity index (χ0n) is 7.68. The molecule has 70 valence electrons. The van der Waals surface area contributed by atoms with E-state index in [9.17, 15) is 0 Å². The third-order valence-electron chi connectivity index (χ3n) is 2.54. The summed E-state index contributed by atoms with van der Waals surface area (Å²) in [5.41, 5.74) is 2.75. The molecule has 0 aliphatic carbocycles. The van der Waals surface area contributed by atoms with Crippen LogP contribution in [0.1, 0.15) is 5.56 Å². The van der Waals surface area contributed by atoms with Crippen LogP contribution in [0.4, 0.5) is 10.8 Å². The van der Waals surface area contributed by atoms with Crippen LogP contribution in [0.3, 0.4) is 0 Å². The van der Waals surface area contributed by atoms with Crippen LogP contribution >= 0.6 is 11.3 Å². The van der Waals surface area contributed by atoms with E-state index >= 15 is 0 Å². The number of benzene rings is 1. The Morgan fingerprint density at radius 1 is 1.29 bits per heavy atom. The molecule has 1 aromatic carbocycles. The average Bonchev–Trinajstić information content (AvgIpc) is 2.85. The number of hydrogen-bond donors (Lipinski definition) is 0. The highest BCUT2D eigenvalue weighted by atomic mass is 32.1. The van der Waals surface area contributed by atoms with Crippen LogP contribution in [-0.2, 0) is 6.42 Å². The van der Waals surface area contributed by atoms with E-state index in [1.54, 1.807) is 11.3 Å². The highest BCUT2D eigenvalue weighted by Gasteiger charge is 2.20. The van der Waals surface area contributed by atoms with Crippen LogP contribution in [0.2, 0.25) is 0 Å². The zero-order chi connectivity index (χ0) is 9.38. The van der Waals surface area contributed by atoms with E-state index in [1.807, 2.05) is 11.6 Å². The maximum absolute atomic E-state index is 4.34. The molecule has 0 radical (unpaired) electrons. The van der Waals surface area contributed by atoms with E-state index in [0.717, 1.165) is 18.1 Å². The fraction of sp³-hybridized carbons (Fsp3) is 0.182. The minimum atomic E-state index is 1.06. The van der Waals surface area contributed by atoms with Gasteiger partial charge in [0.1, 0.15) is 0 Å². The van der Waals surface area contributed by atoms with E-state index in [-0.39, 0.29) is 0 Å². The smallest absolute Gasteiger partial charge is 0.189 e. The summed E-state index contributed by atoms with van der Waals surface area (Å²) in [5, 5.41) is 3.13. The SMILES string of the molecule is c1ccc2c(c1)CCN2c1nccs1. The summed E-state index contributed by atoms with van der Waals surface area (Å²) in [6.07, 6.45) is 3.00. The van der Waals surface area contributed by atoms with Gasteiger partial charge in [-0.25, -0.2) is 4.98 Å². The Balaban J connectivity index is 2.06. The van der Waals surface area contributed by atoms with Gasteiger partial charge >= 0.3 is 0 Å². The number of nitrogens with zero attached hydrogens (tertiary/aromatic N) is 2. The van der Waals surface area contributed by atoms with Crippen LogP contribution in [0.15, 0.2) is 35.8 Å². The Bertz CT molecular complexity index is 436. The lowest BCUT2D eigenvalue weighted by Crippen LogP contribution is -2.12. The maximum Gasteiger partial charge on any atom is 0.189 e. The average molecular weight is 202 g/mol. The van der Waals surface area contributed by atoms with Crippen molar-refractivity contribution in [3.8, 4) is 0 Å². The second-order valence-electron chi connectivity index (χ2n) is 3.35. The molecule has 2 nitrogen and oxygen atoms in total. The molecule has 0 amide bonds. The number of thiazole rings is 1. The van der Waals surface area contributed by atoms with Crippen LogP contribution in [-0.4, -0.2) is 11.5 Å². The van der Waals surface area contributed by atoms with Crippen molar-refractivity contribution in [1.29, 1.82) is 0 Å². The van der Waals surface area contributed by atoms with E-state index in [2.05, 4.69) is 34.1 Å². The normalized spacial score (nSPS) is 14.4. The molecule has 3 heteroatoms. The third kappa shape index (κ3) is 1.13. The number of anilines is 2. The topological polar surface area (TPSA) is 16.1 Å². The first kappa shape index (κ1) is 8.00. The van der Waals surface area contributed by atoms with E-state index < -0.39 is 0 Å². The third-order valence-corrected chi connectivity index (χ3v) is 3.33. The molecule has 1 aliphatic heterocycles. The number of hydrogen-bond acceptors (Lipinski definition) is 3. The van der Waals surface area contributed by atoms with Crippen molar-refractivity contribution < 1.29 is 0 Å². The minimum absolute atomic E-state index is 1.06. The number of aromatic nitrogens is 1. The van der Waals surface area contributed by atoms with Crippen molar-refractivity contribution >= 4 is 22.2 Å². The van der Waals surface area contributed by atoms with E-state index in [1.165, 1.54) is 11.3 Å². The molecular formula is C11H10N2S. The second kappa shape index (κ2) is 3.10. The van der Waals surface area contributed by atoms with Gasteiger partial charge in [0.15, 0.2) is 5.13 Å². The van der Waals surface area contributed by atoms with Gasteiger partial charge in [-0.2, -0.15) is 0 Å². The molecule has 0 spiro atoms. The molecule has 0 saturated heterocycles. The molecular weight excluding hydrogens is 192 g/mol. The standard InChI is InChI=1S/C11H10N2S/c1-2-4-10-9(3-1)5-7-13(10)11-12-6-8-14-11/h1-4,6,8H,5,7H2. The van der Waals surface area contributed by atoms with Gasteiger partial charge in [-0.1, -0.05) is 18.2 Å². The number of fused-ring (bicyclic) bond motifs is 1. The van der Waals surface area contributed by atoms with Gasteiger partial charge in [-0.05, 0) is 18.1 Å². The quantitative estimate of drug-likeness (QED) is 0.707. The molecule has 0 bridgehead atoms. The largest absolute Gasteiger partial charge is 0.317 e. The van der Waals surface area contributed by atoms with E-state index in [0.29, 0.717) is 0 Å². The molecule has 14 heavy (non-hydrogen) atoms. The summed E-state index contributed by atoms with van der Waals surface area (Å²) in [7, 11) is 0. The molecule has 0 fully saturated rings. The molecule has 0 saturated carbocycles. The van der Waals surface area contributed by atoms with Gasteiger partial charge in [0.2, 0.25) is 0 Å². The molecule has 1 aromatic heterocycles. The minimum Gasteiger partial charge on any atom is -0.317 e. The van der Waals surface area contributed by atoms with Crippen LogP contribution in [0.25, 0.3) is 0 Å². The molecule has 0 N–H and O–H groups in total. The van der Waals surface area contributed by atoms with Gasteiger partial charge in [0.05, 0.1) is 0 Å². The Labute approximate surface area is 86.8 Å². The Morgan fingerprint density at radius 3 is 3.07 bits per heavy atom. The van der Waals surface area contributed by atoms with Gasteiger partial charge in [-0.3, -0.25) is 0 Å². The zero-order valence-corrected chi connectivity index (χ0v) is 8.50. The van der Waals surface area contributed by atoms with Gasteiger partial charge in [-0.15, -0.1) is 11.3 Å². The summed E-state index contributed by atoms with van der Waals surface area (Å²) in [5.74, 6) is 0. The van der Waals surface area contributed by atoms with Crippen molar-refractivity contribution in [2.45, 2.75) is 6.42 Å². The summed E-state index contributed by atoms with van der Waals surface area (Å²) in [4.78, 5) is 6.63. The van der Waals surface area contributed by atoms with Crippen molar-refractivity contribution in [2.24, 2.45) is 0 Å². The number of rotatable bonds is 1. The van der Waals surface area contributed by atoms with Gasteiger partial charge < -0.3 is 4.90 Å². The Kier molecular flexibility index (Phi) is 1.77. The first-order chi connectivity index (χ1) is 6.95. The highest BCUT2D eigenvalue weighted by molar-refractivity contribution is 7.13. The Hall–Kier alpha value is -1.35. The predicted molar refractivity (Wildman–Crippen MR) is 59.3 cm³/mol. The molecule has 2 heterocycles. The Morgan fingerprint density at radius 2 is 2.21 bits per heavy atom. The lowest BCUT2D eigenvalue weighted by molar-refractivity contribution is 0.990. The lowest BCUT2D eigenvalue weighted by Gasteiger charge is -2.14. The first-order valence-electron chi connectivity index (χ1n) is 4.70. The predicted octanol–water partition coefficient (Wildman–Crippen LogP) is 2.84. The van der Waals surface area contributed by atoms with Crippen LogP contribution in [0, 0.1) is 0 Å². The van der Waals surface area contributed by atoms with Crippen molar-refractivity contribution in [3.63, 3.8) is 0 Å². The van der Waals surface area contributed by atoms with E-state index in [4.69, 9.17) is 0 Å². The van der Waals surface area contributed by atoms with Crippen molar-refractivity contribution in [3.05, 3.63) is 41.4 Å². The van der Waals surface area contributed by atoms with Crippen molar-refractivity contribution in [1.82, 2.24) is 4.98 Å². The molecule has 0 atom stereocenters. The number of para-hydroxylation sites is 1. The first-order valence-corrected chi connectivity index (χ1v) is 5.58. The maximum atomic E-state index is 4.34. The van der Waals surface area contributed by atoms with Gasteiger partial charge in [0.25, 0.3) is 0 Å². The monoisotopic (exact) mass is 202 g/mol. The lowest BCUT2D eigenvalue weighted by atomic mass is 10.2. The second-order valence-corrected chi connectivity index (χ2v) is 4.22. The molecule has 1 aliphatic rings. The van der Waals surface area contributed by atoms with Gasteiger partial charge in [0, 0.05) is 23.8 Å². The fourth-order valence-electron chi connectivity index (χ4n) is 1.89. The fourth-order valence-corrected chi connectivity index (χ4v) is 2.57. The van der Waals surface area contributed by atoms with Crippen LogP contribution in [0.5, 0.6) is 0 Å².